The predicted octanol–water partition coefficient (Wildman–Crippen LogP) is 3.44. The Bertz CT molecular complexity index is 626. The second-order valence-electron chi connectivity index (χ2n) is 8.48. The molecule has 1 saturated carbocycles. The van der Waals surface area contributed by atoms with Gasteiger partial charge in [0.15, 0.2) is 0 Å². The van der Waals surface area contributed by atoms with Gasteiger partial charge in [-0.05, 0) is 69.2 Å². The maximum absolute atomic E-state index is 13.4. The minimum atomic E-state index is -0.160. The third-order valence-corrected chi connectivity index (χ3v) is 6.36. The second-order valence-corrected chi connectivity index (χ2v) is 8.48. The Labute approximate surface area is 174 Å². The standard InChI is InChI=1S/C23H36FN3O2/c1-29-17-3-6-23(28)25-21-9-7-19(8-10-21)11-12-26-13-15-27(16-14-26)22-5-2-4-20(24)18-22/h2,4-5,18-19,21H,3,6-17H2,1H3,(H,25,28). The van der Waals surface area contributed by atoms with Crippen molar-refractivity contribution in [1.82, 2.24) is 10.2 Å². The molecular formula is C23H36FN3O2. The molecule has 1 aliphatic heterocycles. The van der Waals surface area contributed by atoms with Crippen LogP contribution in [-0.2, 0) is 9.53 Å². The van der Waals surface area contributed by atoms with E-state index in [1.54, 1.807) is 19.2 Å². The van der Waals surface area contributed by atoms with Gasteiger partial charge < -0.3 is 15.0 Å². The van der Waals surface area contributed by atoms with Crippen LogP contribution in [0.4, 0.5) is 10.1 Å². The number of piperazine rings is 1. The van der Waals surface area contributed by atoms with Gasteiger partial charge in [-0.25, -0.2) is 4.39 Å². The summed E-state index contributed by atoms with van der Waals surface area (Å²) in [5.74, 6) is 0.784. The number of rotatable bonds is 9. The lowest BCUT2D eigenvalue weighted by atomic mass is 9.84. The molecule has 0 bridgehead atoms. The zero-order valence-corrected chi connectivity index (χ0v) is 17.7. The van der Waals surface area contributed by atoms with E-state index >= 15 is 0 Å². The minimum absolute atomic E-state index is 0.160. The third-order valence-electron chi connectivity index (χ3n) is 6.36. The second kappa shape index (κ2) is 11.5. The Hall–Kier alpha value is -1.66. The van der Waals surface area contributed by atoms with Crippen molar-refractivity contribution in [2.75, 3.05) is 51.3 Å². The molecule has 3 rings (SSSR count). The van der Waals surface area contributed by atoms with Gasteiger partial charge in [0, 0.05) is 58.0 Å². The number of nitrogens with zero attached hydrogens (tertiary/aromatic N) is 2. The molecule has 0 radical (unpaired) electrons. The van der Waals surface area contributed by atoms with Crippen molar-refractivity contribution in [3.63, 3.8) is 0 Å². The minimum Gasteiger partial charge on any atom is -0.385 e. The number of hydrogen-bond donors (Lipinski definition) is 1. The molecule has 1 aromatic carbocycles. The van der Waals surface area contributed by atoms with Crippen LogP contribution in [0.25, 0.3) is 0 Å². The SMILES string of the molecule is COCCCC(=O)NC1CCC(CCN2CCN(c3cccc(F)c3)CC2)CC1. The summed E-state index contributed by atoms with van der Waals surface area (Å²) >= 11 is 0. The van der Waals surface area contributed by atoms with Gasteiger partial charge in [-0.1, -0.05) is 6.07 Å². The van der Waals surface area contributed by atoms with Gasteiger partial charge in [-0.15, -0.1) is 0 Å². The summed E-state index contributed by atoms with van der Waals surface area (Å²) in [7, 11) is 1.67. The van der Waals surface area contributed by atoms with Crippen LogP contribution in [0.3, 0.4) is 0 Å². The summed E-state index contributed by atoms with van der Waals surface area (Å²) < 4.78 is 18.4. The van der Waals surface area contributed by atoms with E-state index in [0.29, 0.717) is 19.1 Å². The first kappa shape index (κ1) is 22.0. The highest BCUT2D eigenvalue weighted by Crippen LogP contribution is 2.27. The Balaban J connectivity index is 1.29. The monoisotopic (exact) mass is 405 g/mol. The molecule has 2 aliphatic rings. The van der Waals surface area contributed by atoms with Crippen LogP contribution in [0.5, 0.6) is 0 Å². The number of carbonyl (C=O) groups is 1. The molecule has 2 fully saturated rings. The van der Waals surface area contributed by atoms with Crippen molar-refractivity contribution in [3.05, 3.63) is 30.1 Å². The quantitative estimate of drug-likeness (QED) is 0.640. The highest BCUT2D eigenvalue weighted by atomic mass is 19.1. The fraction of sp³-hybridized carbons (Fsp3) is 0.696. The van der Waals surface area contributed by atoms with E-state index in [9.17, 15) is 9.18 Å². The lowest BCUT2D eigenvalue weighted by Crippen LogP contribution is -2.47. The van der Waals surface area contributed by atoms with E-state index in [-0.39, 0.29) is 11.7 Å². The smallest absolute Gasteiger partial charge is 0.220 e. The fourth-order valence-electron chi connectivity index (χ4n) is 4.54. The van der Waals surface area contributed by atoms with Gasteiger partial charge >= 0.3 is 0 Å². The van der Waals surface area contributed by atoms with Crippen LogP contribution in [0.15, 0.2) is 24.3 Å². The molecule has 1 N–H and O–H groups in total. The summed E-state index contributed by atoms with van der Waals surface area (Å²) in [6.07, 6.45) is 7.24. The van der Waals surface area contributed by atoms with Gasteiger partial charge in [0.2, 0.25) is 5.91 Å². The zero-order valence-electron chi connectivity index (χ0n) is 17.7. The number of amides is 1. The molecule has 6 heteroatoms. The molecule has 1 aromatic rings. The number of hydrogen-bond acceptors (Lipinski definition) is 4. The number of halogens is 1. The first-order chi connectivity index (χ1) is 14.1. The molecular weight excluding hydrogens is 369 g/mol. The summed E-state index contributed by atoms with van der Waals surface area (Å²) in [5, 5.41) is 3.19. The molecule has 162 valence electrons. The Morgan fingerprint density at radius 2 is 1.93 bits per heavy atom. The lowest BCUT2D eigenvalue weighted by molar-refractivity contribution is -0.122. The van der Waals surface area contributed by atoms with Crippen LogP contribution in [0, 0.1) is 11.7 Å². The topological polar surface area (TPSA) is 44.8 Å². The molecule has 1 amide bonds. The number of carbonyl (C=O) groups excluding carboxylic acids is 1. The van der Waals surface area contributed by atoms with Crippen molar-refractivity contribution in [2.45, 2.75) is 51.0 Å². The van der Waals surface area contributed by atoms with Crippen molar-refractivity contribution in [2.24, 2.45) is 5.92 Å². The van der Waals surface area contributed by atoms with Gasteiger partial charge in [-0.2, -0.15) is 0 Å². The van der Waals surface area contributed by atoms with Crippen molar-refractivity contribution >= 4 is 11.6 Å². The van der Waals surface area contributed by atoms with Crippen molar-refractivity contribution in [3.8, 4) is 0 Å². The normalized spacial score (nSPS) is 23.2. The maximum atomic E-state index is 13.4. The number of anilines is 1. The van der Waals surface area contributed by atoms with E-state index in [2.05, 4.69) is 15.1 Å². The van der Waals surface area contributed by atoms with Crippen LogP contribution in [0.1, 0.15) is 44.9 Å². The fourth-order valence-corrected chi connectivity index (χ4v) is 4.54. The zero-order chi connectivity index (χ0) is 20.5. The molecule has 1 aliphatic carbocycles. The molecule has 1 saturated heterocycles. The van der Waals surface area contributed by atoms with E-state index < -0.39 is 0 Å². The molecule has 1 heterocycles. The first-order valence-electron chi connectivity index (χ1n) is 11.1. The van der Waals surface area contributed by atoms with Crippen LogP contribution in [-0.4, -0.2) is 63.3 Å². The number of ether oxygens (including phenoxy) is 1. The molecule has 0 atom stereocenters. The van der Waals surface area contributed by atoms with E-state index in [1.807, 2.05) is 6.07 Å². The molecule has 0 unspecified atom stereocenters. The molecule has 5 nitrogen and oxygen atoms in total. The summed E-state index contributed by atoms with van der Waals surface area (Å²) in [6, 6.07) is 7.27. The van der Waals surface area contributed by atoms with E-state index in [0.717, 1.165) is 63.6 Å². The van der Waals surface area contributed by atoms with Gasteiger partial charge in [0.05, 0.1) is 0 Å². The highest BCUT2D eigenvalue weighted by Gasteiger charge is 2.24. The molecule has 0 spiro atoms. The van der Waals surface area contributed by atoms with Crippen LogP contribution in [0.2, 0.25) is 0 Å². The average molecular weight is 406 g/mol. The first-order valence-corrected chi connectivity index (χ1v) is 11.1. The Morgan fingerprint density at radius 1 is 1.17 bits per heavy atom. The van der Waals surface area contributed by atoms with E-state index in [4.69, 9.17) is 4.74 Å². The molecule has 0 aromatic heterocycles. The van der Waals surface area contributed by atoms with Crippen molar-refractivity contribution in [1.29, 1.82) is 0 Å². The highest BCUT2D eigenvalue weighted by molar-refractivity contribution is 5.76. The summed E-state index contributed by atoms with van der Waals surface area (Å²) in [6.45, 7) is 5.82. The van der Waals surface area contributed by atoms with Crippen LogP contribution >= 0.6 is 0 Å². The maximum Gasteiger partial charge on any atom is 0.220 e. The third kappa shape index (κ3) is 7.27. The van der Waals surface area contributed by atoms with Gasteiger partial charge in [0.1, 0.15) is 5.82 Å². The van der Waals surface area contributed by atoms with Crippen molar-refractivity contribution < 1.29 is 13.9 Å². The van der Waals surface area contributed by atoms with Gasteiger partial charge in [0.25, 0.3) is 0 Å². The Kier molecular flexibility index (Phi) is 8.74. The van der Waals surface area contributed by atoms with Crippen LogP contribution < -0.4 is 10.2 Å². The summed E-state index contributed by atoms with van der Waals surface area (Å²) in [4.78, 5) is 16.8. The number of benzene rings is 1. The molecule has 29 heavy (non-hydrogen) atoms. The summed E-state index contributed by atoms with van der Waals surface area (Å²) in [5.41, 5.74) is 0.993. The average Bonchev–Trinajstić information content (AvgIpc) is 2.74. The lowest BCUT2D eigenvalue weighted by Gasteiger charge is -2.37. The number of methoxy groups -OCH3 is 1. The van der Waals surface area contributed by atoms with Gasteiger partial charge in [-0.3, -0.25) is 9.69 Å². The number of nitrogens with one attached hydrogen (secondary N) is 1. The largest absolute Gasteiger partial charge is 0.385 e. The Morgan fingerprint density at radius 3 is 2.62 bits per heavy atom. The van der Waals surface area contributed by atoms with E-state index in [1.165, 1.54) is 25.3 Å². The predicted molar refractivity (Wildman–Crippen MR) is 115 cm³/mol.